The standard InChI is InChI=1S/C25H38N4O3/c1-9-14-28(23(31)16-24(2,3)4)17-22(30)26-21-15-20(25(5,6)7)27-29(21)18-10-12-19(32-8)13-11-18/h10-13,15H,9,14,16-17H2,1-8H3,(H,26,30). The second-order valence-corrected chi connectivity index (χ2v) is 10.4. The number of benzene rings is 1. The SMILES string of the molecule is CCCN(CC(=O)Nc1cc(C(C)(C)C)nn1-c1ccc(OC)cc1)C(=O)CC(C)(C)C. The summed E-state index contributed by atoms with van der Waals surface area (Å²) >= 11 is 0. The lowest BCUT2D eigenvalue weighted by Crippen LogP contribution is -2.40. The third-order valence-corrected chi connectivity index (χ3v) is 4.92. The van der Waals surface area contributed by atoms with Gasteiger partial charge in [-0.2, -0.15) is 5.10 Å². The molecule has 1 N–H and O–H groups in total. The molecule has 1 aromatic heterocycles. The number of aromatic nitrogens is 2. The van der Waals surface area contributed by atoms with Crippen LogP contribution < -0.4 is 10.1 Å². The lowest BCUT2D eigenvalue weighted by Gasteiger charge is -2.26. The maximum absolute atomic E-state index is 12.9. The Morgan fingerprint density at radius 1 is 1.09 bits per heavy atom. The minimum absolute atomic E-state index is 0.00598. The van der Waals surface area contributed by atoms with E-state index < -0.39 is 0 Å². The van der Waals surface area contributed by atoms with Crippen molar-refractivity contribution >= 4 is 17.6 Å². The number of amides is 2. The van der Waals surface area contributed by atoms with Crippen LogP contribution in [0, 0.1) is 5.41 Å². The zero-order valence-electron chi connectivity index (χ0n) is 20.8. The number of hydrogen-bond donors (Lipinski definition) is 1. The molecule has 2 aromatic rings. The van der Waals surface area contributed by atoms with Crippen molar-refractivity contribution in [2.24, 2.45) is 5.41 Å². The number of hydrogen-bond acceptors (Lipinski definition) is 4. The van der Waals surface area contributed by atoms with Crippen LogP contribution in [0.4, 0.5) is 5.82 Å². The number of ether oxygens (including phenoxy) is 1. The molecule has 0 atom stereocenters. The first-order valence-corrected chi connectivity index (χ1v) is 11.2. The van der Waals surface area contributed by atoms with Crippen LogP contribution >= 0.6 is 0 Å². The summed E-state index contributed by atoms with van der Waals surface area (Å²) in [5, 5.41) is 7.71. The van der Waals surface area contributed by atoms with E-state index in [2.05, 4.69) is 26.1 Å². The van der Waals surface area contributed by atoms with E-state index in [4.69, 9.17) is 9.84 Å². The van der Waals surface area contributed by atoms with Gasteiger partial charge in [0.05, 0.1) is 25.0 Å². The molecule has 1 heterocycles. The Bertz CT molecular complexity index is 918. The van der Waals surface area contributed by atoms with Crippen LogP contribution in [0.15, 0.2) is 30.3 Å². The first kappa shape index (κ1) is 25.4. The molecule has 0 bridgehead atoms. The molecule has 32 heavy (non-hydrogen) atoms. The predicted molar refractivity (Wildman–Crippen MR) is 128 cm³/mol. The smallest absolute Gasteiger partial charge is 0.245 e. The lowest BCUT2D eigenvalue weighted by atomic mass is 9.91. The summed E-state index contributed by atoms with van der Waals surface area (Å²) in [6, 6.07) is 9.39. The molecule has 7 heteroatoms. The molecule has 0 aliphatic rings. The van der Waals surface area contributed by atoms with E-state index in [9.17, 15) is 9.59 Å². The van der Waals surface area contributed by atoms with Crippen LogP contribution in [0.3, 0.4) is 0 Å². The van der Waals surface area contributed by atoms with E-state index in [-0.39, 0.29) is 29.2 Å². The van der Waals surface area contributed by atoms with Crippen molar-refractivity contribution in [2.45, 2.75) is 66.7 Å². The van der Waals surface area contributed by atoms with E-state index in [1.54, 1.807) is 16.7 Å². The third kappa shape index (κ3) is 7.11. The van der Waals surface area contributed by atoms with Crippen molar-refractivity contribution in [2.75, 3.05) is 25.5 Å². The Balaban J connectivity index is 2.28. The van der Waals surface area contributed by atoms with Crippen molar-refractivity contribution in [3.8, 4) is 11.4 Å². The molecule has 2 rings (SSSR count). The molecule has 2 amide bonds. The molecular formula is C25H38N4O3. The van der Waals surface area contributed by atoms with Gasteiger partial charge in [0, 0.05) is 24.4 Å². The summed E-state index contributed by atoms with van der Waals surface area (Å²) in [5.74, 6) is 1.07. The summed E-state index contributed by atoms with van der Waals surface area (Å²) in [5.41, 5.74) is 1.35. The maximum atomic E-state index is 12.9. The Morgan fingerprint density at radius 3 is 2.22 bits per heavy atom. The largest absolute Gasteiger partial charge is 0.497 e. The first-order chi connectivity index (χ1) is 14.8. The highest BCUT2D eigenvalue weighted by Crippen LogP contribution is 2.27. The van der Waals surface area contributed by atoms with Crippen molar-refractivity contribution in [3.05, 3.63) is 36.0 Å². The van der Waals surface area contributed by atoms with Gasteiger partial charge in [0.2, 0.25) is 11.8 Å². The average molecular weight is 443 g/mol. The van der Waals surface area contributed by atoms with Crippen LogP contribution in [0.2, 0.25) is 0 Å². The Morgan fingerprint density at radius 2 is 1.72 bits per heavy atom. The molecular weight excluding hydrogens is 404 g/mol. The van der Waals surface area contributed by atoms with Gasteiger partial charge >= 0.3 is 0 Å². The van der Waals surface area contributed by atoms with Crippen LogP contribution in [0.1, 0.15) is 67.0 Å². The normalized spacial score (nSPS) is 11.9. The third-order valence-electron chi connectivity index (χ3n) is 4.92. The molecule has 7 nitrogen and oxygen atoms in total. The van der Waals surface area contributed by atoms with Gasteiger partial charge in [-0.3, -0.25) is 9.59 Å². The van der Waals surface area contributed by atoms with Crippen LogP contribution in [-0.4, -0.2) is 46.7 Å². The monoisotopic (exact) mass is 442 g/mol. The summed E-state index contributed by atoms with van der Waals surface area (Å²) in [7, 11) is 1.62. The van der Waals surface area contributed by atoms with Gasteiger partial charge in [0.25, 0.3) is 0 Å². The topological polar surface area (TPSA) is 76.5 Å². The Hall–Kier alpha value is -2.83. The van der Waals surface area contributed by atoms with Crippen molar-refractivity contribution < 1.29 is 14.3 Å². The van der Waals surface area contributed by atoms with Gasteiger partial charge in [-0.1, -0.05) is 48.5 Å². The number of carbonyl (C=O) groups excluding carboxylic acids is 2. The zero-order valence-corrected chi connectivity index (χ0v) is 20.8. The quantitative estimate of drug-likeness (QED) is 0.638. The number of anilines is 1. The van der Waals surface area contributed by atoms with Gasteiger partial charge in [-0.25, -0.2) is 4.68 Å². The van der Waals surface area contributed by atoms with Gasteiger partial charge in [0.15, 0.2) is 0 Å². The van der Waals surface area contributed by atoms with Crippen LogP contribution in [-0.2, 0) is 15.0 Å². The highest BCUT2D eigenvalue weighted by molar-refractivity contribution is 5.94. The second kappa shape index (κ2) is 10.2. The molecule has 0 saturated heterocycles. The number of nitrogens with one attached hydrogen (secondary N) is 1. The maximum Gasteiger partial charge on any atom is 0.245 e. The summed E-state index contributed by atoms with van der Waals surface area (Å²) in [4.78, 5) is 27.3. The number of methoxy groups -OCH3 is 1. The second-order valence-electron chi connectivity index (χ2n) is 10.4. The summed E-state index contributed by atoms with van der Waals surface area (Å²) < 4.78 is 6.97. The van der Waals surface area contributed by atoms with Gasteiger partial charge in [0.1, 0.15) is 11.6 Å². The molecule has 176 valence electrons. The number of nitrogens with zero attached hydrogens (tertiary/aromatic N) is 3. The fourth-order valence-electron chi connectivity index (χ4n) is 3.24. The summed E-state index contributed by atoms with van der Waals surface area (Å²) in [6.07, 6.45) is 1.19. The fourth-order valence-corrected chi connectivity index (χ4v) is 3.24. The highest BCUT2D eigenvalue weighted by Gasteiger charge is 2.25. The van der Waals surface area contributed by atoms with E-state index in [1.165, 1.54) is 0 Å². The molecule has 0 spiro atoms. The minimum atomic E-state index is -0.240. The molecule has 0 fully saturated rings. The van der Waals surface area contributed by atoms with Crippen LogP contribution in [0.25, 0.3) is 5.69 Å². The molecule has 0 unspecified atom stereocenters. The molecule has 0 radical (unpaired) electrons. The van der Waals surface area contributed by atoms with Crippen LogP contribution in [0.5, 0.6) is 5.75 Å². The van der Waals surface area contributed by atoms with Gasteiger partial charge in [-0.15, -0.1) is 0 Å². The number of rotatable bonds is 8. The van der Waals surface area contributed by atoms with Gasteiger partial charge in [-0.05, 0) is 36.1 Å². The van der Waals surface area contributed by atoms with E-state index in [1.807, 2.05) is 58.0 Å². The summed E-state index contributed by atoms with van der Waals surface area (Å²) in [6.45, 7) is 14.9. The predicted octanol–water partition coefficient (Wildman–Crippen LogP) is 4.79. The first-order valence-electron chi connectivity index (χ1n) is 11.2. The van der Waals surface area contributed by atoms with Crippen molar-refractivity contribution in [1.29, 1.82) is 0 Å². The van der Waals surface area contributed by atoms with E-state index in [0.717, 1.165) is 23.6 Å². The Labute approximate surface area is 192 Å². The molecule has 0 saturated carbocycles. The molecule has 0 aliphatic carbocycles. The minimum Gasteiger partial charge on any atom is -0.497 e. The van der Waals surface area contributed by atoms with Crippen molar-refractivity contribution in [3.63, 3.8) is 0 Å². The number of carbonyl (C=O) groups is 2. The average Bonchev–Trinajstić information content (AvgIpc) is 3.10. The molecule has 1 aromatic carbocycles. The lowest BCUT2D eigenvalue weighted by molar-refractivity contribution is -0.136. The zero-order chi connectivity index (χ0) is 24.1. The Kier molecular flexibility index (Phi) is 8.10. The van der Waals surface area contributed by atoms with E-state index >= 15 is 0 Å². The molecule has 0 aliphatic heterocycles. The highest BCUT2D eigenvalue weighted by atomic mass is 16.5. The fraction of sp³-hybridized carbons (Fsp3) is 0.560. The van der Waals surface area contributed by atoms with Crippen molar-refractivity contribution in [1.82, 2.24) is 14.7 Å². The van der Waals surface area contributed by atoms with Gasteiger partial charge < -0.3 is 15.0 Å². The van der Waals surface area contributed by atoms with E-state index in [0.29, 0.717) is 18.8 Å².